The predicted octanol–water partition coefficient (Wildman–Crippen LogP) is 1.80. The summed E-state index contributed by atoms with van der Waals surface area (Å²) >= 11 is 0. The van der Waals surface area contributed by atoms with Crippen LogP contribution in [0.2, 0.25) is 0 Å². The van der Waals surface area contributed by atoms with Gasteiger partial charge in [-0.2, -0.15) is 0 Å². The zero-order valence-corrected chi connectivity index (χ0v) is 8.87. The molecule has 1 unspecified atom stereocenters. The standard InChI is InChI=1S/C12H18N2O/c15-12-5-1-4-11(7-12)14-9-10-3-2-6-13-8-10/h1,4-5,7,10,13-15H,2-3,6,8-9H2. The molecule has 0 aliphatic carbocycles. The average Bonchev–Trinajstić information content (AvgIpc) is 2.28. The Hall–Kier alpha value is -1.22. The van der Waals surface area contributed by atoms with Crippen molar-refractivity contribution in [3.8, 4) is 5.75 Å². The molecule has 3 nitrogen and oxygen atoms in total. The van der Waals surface area contributed by atoms with Gasteiger partial charge in [0.1, 0.15) is 5.75 Å². The Balaban J connectivity index is 1.81. The number of phenolic OH excluding ortho intramolecular Hbond substituents is 1. The number of hydrogen-bond acceptors (Lipinski definition) is 3. The molecular formula is C12H18N2O. The van der Waals surface area contributed by atoms with Gasteiger partial charge in [-0.05, 0) is 44.0 Å². The third kappa shape index (κ3) is 3.13. The van der Waals surface area contributed by atoms with E-state index in [0.29, 0.717) is 11.7 Å². The van der Waals surface area contributed by atoms with E-state index in [9.17, 15) is 5.11 Å². The number of anilines is 1. The summed E-state index contributed by atoms with van der Waals surface area (Å²) in [4.78, 5) is 0. The molecule has 0 radical (unpaired) electrons. The second-order valence-electron chi connectivity index (χ2n) is 4.14. The first kappa shape index (κ1) is 10.3. The van der Waals surface area contributed by atoms with E-state index in [1.807, 2.05) is 12.1 Å². The number of hydrogen-bond donors (Lipinski definition) is 3. The highest BCUT2D eigenvalue weighted by atomic mass is 16.3. The van der Waals surface area contributed by atoms with E-state index < -0.39 is 0 Å². The summed E-state index contributed by atoms with van der Waals surface area (Å²) in [5, 5.41) is 16.0. The molecule has 1 aliphatic heterocycles. The van der Waals surface area contributed by atoms with Gasteiger partial charge in [0.05, 0.1) is 0 Å². The zero-order valence-electron chi connectivity index (χ0n) is 8.87. The van der Waals surface area contributed by atoms with Crippen LogP contribution in [0.4, 0.5) is 5.69 Å². The van der Waals surface area contributed by atoms with Crippen molar-refractivity contribution in [2.45, 2.75) is 12.8 Å². The van der Waals surface area contributed by atoms with E-state index in [4.69, 9.17) is 0 Å². The number of aromatic hydroxyl groups is 1. The van der Waals surface area contributed by atoms with Crippen molar-refractivity contribution in [1.29, 1.82) is 0 Å². The first-order valence-corrected chi connectivity index (χ1v) is 5.58. The molecule has 15 heavy (non-hydrogen) atoms. The minimum Gasteiger partial charge on any atom is -0.508 e. The topological polar surface area (TPSA) is 44.3 Å². The van der Waals surface area contributed by atoms with E-state index in [-0.39, 0.29) is 0 Å². The van der Waals surface area contributed by atoms with Crippen LogP contribution >= 0.6 is 0 Å². The fourth-order valence-corrected chi connectivity index (χ4v) is 1.98. The van der Waals surface area contributed by atoms with Crippen LogP contribution in [0.5, 0.6) is 5.75 Å². The van der Waals surface area contributed by atoms with Crippen molar-refractivity contribution in [3.63, 3.8) is 0 Å². The maximum Gasteiger partial charge on any atom is 0.117 e. The van der Waals surface area contributed by atoms with Crippen LogP contribution in [0.3, 0.4) is 0 Å². The van der Waals surface area contributed by atoms with Crippen LogP contribution < -0.4 is 10.6 Å². The van der Waals surface area contributed by atoms with Crippen LogP contribution in [0, 0.1) is 5.92 Å². The molecule has 3 N–H and O–H groups in total. The molecule has 1 fully saturated rings. The van der Waals surface area contributed by atoms with Gasteiger partial charge in [-0.15, -0.1) is 0 Å². The van der Waals surface area contributed by atoms with E-state index >= 15 is 0 Å². The Morgan fingerprint density at radius 1 is 1.47 bits per heavy atom. The highest BCUT2D eigenvalue weighted by Crippen LogP contribution is 2.17. The molecule has 0 saturated carbocycles. The summed E-state index contributed by atoms with van der Waals surface area (Å²) < 4.78 is 0. The van der Waals surface area contributed by atoms with Crippen molar-refractivity contribution in [2.24, 2.45) is 5.92 Å². The molecule has 1 aromatic rings. The van der Waals surface area contributed by atoms with Crippen LogP contribution in [0.1, 0.15) is 12.8 Å². The smallest absolute Gasteiger partial charge is 0.117 e. The summed E-state index contributed by atoms with van der Waals surface area (Å²) in [6, 6.07) is 7.29. The minimum absolute atomic E-state index is 0.321. The number of nitrogens with one attached hydrogen (secondary N) is 2. The van der Waals surface area contributed by atoms with Crippen molar-refractivity contribution >= 4 is 5.69 Å². The van der Waals surface area contributed by atoms with Crippen molar-refractivity contribution < 1.29 is 5.11 Å². The van der Waals surface area contributed by atoms with E-state index in [0.717, 1.165) is 25.3 Å². The third-order valence-electron chi connectivity index (χ3n) is 2.84. The highest BCUT2D eigenvalue weighted by molar-refractivity contribution is 5.47. The van der Waals surface area contributed by atoms with Crippen molar-refractivity contribution in [3.05, 3.63) is 24.3 Å². The van der Waals surface area contributed by atoms with E-state index in [2.05, 4.69) is 10.6 Å². The lowest BCUT2D eigenvalue weighted by molar-refractivity contribution is 0.393. The molecule has 2 rings (SSSR count). The molecule has 1 saturated heterocycles. The molecule has 0 amide bonds. The lowest BCUT2D eigenvalue weighted by atomic mass is 10.00. The lowest BCUT2D eigenvalue weighted by Crippen LogP contribution is -2.33. The zero-order chi connectivity index (χ0) is 10.5. The Bertz CT molecular complexity index is 308. The Kier molecular flexibility index (Phi) is 3.45. The molecule has 1 atom stereocenters. The fourth-order valence-electron chi connectivity index (χ4n) is 1.98. The third-order valence-corrected chi connectivity index (χ3v) is 2.84. The summed E-state index contributed by atoms with van der Waals surface area (Å²) in [7, 11) is 0. The predicted molar refractivity (Wildman–Crippen MR) is 62.2 cm³/mol. The van der Waals surface area contributed by atoms with Gasteiger partial charge >= 0.3 is 0 Å². The molecule has 1 aromatic carbocycles. The molecule has 0 bridgehead atoms. The monoisotopic (exact) mass is 206 g/mol. The minimum atomic E-state index is 0.321. The average molecular weight is 206 g/mol. The van der Waals surface area contributed by atoms with Crippen molar-refractivity contribution in [2.75, 3.05) is 25.0 Å². The first-order valence-electron chi connectivity index (χ1n) is 5.58. The van der Waals surface area contributed by atoms with Crippen LogP contribution in [-0.2, 0) is 0 Å². The molecule has 0 aromatic heterocycles. The maximum atomic E-state index is 9.30. The van der Waals surface area contributed by atoms with Crippen LogP contribution in [0.25, 0.3) is 0 Å². The van der Waals surface area contributed by atoms with Crippen LogP contribution in [0.15, 0.2) is 24.3 Å². The van der Waals surface area contributed by atoms with Gasteiger partial charge in [0.2, 0.25) is 0 Å². The summed E-state index contributed by atoms with van der Waals surface area (Å²) in [6.07, 6.45) is 2.56. The number of benzene rings is 1. The molecular weight excluding hydrogens is 188 g/mol. The van der Waals surface area contributed by atoms with Gasteiger partial charge < -0.3 is 15.7 Å². The molecule has 3 heteroatoms. The fraction of sp³-hybridized carbons (Fsp3) is 0.500. The van der Waals surface area contributed by atoms with Gasteiger partial charge in [-0.25, -0.2) is 0 Å². The molecule has 1 aliphatic rings. The Labute approximate surface area is 90.5 Å². The number of phenols is 1. The highest BCUT2D eigenvalue weighted by Gasteiger charge is 2.12. The van der Waals surface area contributed by atoms with Crippen molar-refractivity contribution in [1.82, 2.24) is 5.32 Å². The second-order valence-corrected chi connectivity index (χ2v) is 4.14. The largest absolute Gasteiger partial charge is 0.508 e. The Morgan fingerprint density at radius 3 is 3.13 bits per heavy atom. The summed E-state index contributed by atoms with van der Waals surface area (Å²) in [6.45, 7) is 3.24. The van der Waals surface area contributed by atoms with Crippen LogP contribution in [-0.4, -0.2) is 24.7 Å². The van der Waals surface area contributed by atoms with Gasteiger partial charge in [0.25, 0.3) is 0 Å². The lowest BCUT2D eigenvalue weighted by Gasteiger charge is -2.23. The first-order chi connectivity index (χ1) is 7.34. The molecule has 82 valence electrons. The van der Waals surface area contributed by atoms with E-state index in [1.165, 1.54) is 12.8 Å². The summed E-state index contributed by atoms with van der Waals surface area (Å²) in [5.41, 5.74) is 1.00. The number of rotatable bonds is 3. The quantitative estimate of drug-likeness (QED) is 0.706. The molecule has 0 spiro atoms. The molecule has 1 heterocycles. The summed E-state index contributed by atoms with van der Waals surface area (Å²) in [5.74, 6) is 1.03. The SMILES string of the molecule is Oc1cccc(NCC2CCCNC2)c1. The second kappa shape index (κ2) is 5.03. The normalized spacial score (nSPS) is 21.2. The Morgan fingerprint density at radius 2 is 2.40 bits per heavy atom. The van der Waals surface area contributed by atoms with E-state index in [1.54, 1.807) is 12.1 Å². The van der Waals surface area contributed by atoms with Gasteiger partial charge in [-0.3, -0.25) is 0 Å². The number of piperidine rings is 1. The van der Waals surface area contributed by atoms with Gasteiger partial charge in [0, 0.05) is 18.3 Å². The maximum absolute atomic E-state index is 9.30. The van der Waals surface area contributed by atoms with Gasteiger partial charge in [0.15, 0.2) is 0 Å². The van der Waals surface area contributed by atoms with Gasteiger partial charge in [-0.1, -0.05) is 6.07 Å².